The number of piperazine rings is 1. The van der Waals surface area contributed by atoms with E-state index < -0.39 is 61.7 Å². The van der Waals surface area contributed by atoms with Crippen LogP contribution in [0.25, 0.3) is 0 Å². The Balaban J connectivity index is 3.25. The normalized spacial score (nSPS) is 27.5. The Bertz CT molecular complexity index is 446. The molecule has 0 aromatic heterocycles. The number of nitrogens with zero attached hydrogens (tertiary/aromatic N) is 2. The Hall–Kier alpha value is -0.920. The summed E-state index contributed by atoms with van der Waals surface area (Å²) < 4.78 is 156. The number of halogens is 12. The molecule has 14 heteroatoms. The molecular formula is C12H14F12N2. The summed E-state index contributed by atoms with van der Waals surface area (Å²) in [6.07, 6.45) is -21.6. The maximum absolute atomic E-state index is 13.9. The fourth-order valence-electron chi connectivity index (χ4n) is 2.70. The lowest BCUT2D eigenvalue weighted by atomic mass is 9.93. The van der Waals surface area contributed by atoms with E-state index in [1.54, 1.807) is 0 Å². The third-order valence-electron chi connectivity index (χ3n) is 4.09. The summed E-state index contributed by atoms with van der Waals surface area (Å²) in [6.45, 7) is -2.12. The monoisotopic (exact) mass is 414 g/mol. The van der Waals surface area contributed by atoms with E-state index in [0.717, 1.165) is 7.05 Å². The van der Waals surface area contributed by atoms with E-state index in [9.17, 15) is 52.7 Å². The molecule has 1 saturated heterocycles. The lowest BCUT2D eigenvalue weighted by Crippen LogP contribution is -2.70. The zero-order valence-electron chi connectivity index (χ0n) is 13.2. The zero-order chi connectivity index (χ0) is 20.9. The molecule has 26 heavy (non-hydrogen) atoms. The molecule has 0 aromatic rings. The molecule has 2 nitrogen and oxygen atoms in total. The lowest BCUT2D eigenvalue weighted by Gasteiger charge is -2.49. The fraction of sp³-hybridized carbons (Fsp3) is 1.00. The van der Waals surface area contributed by atoms with Gasteiger partial charge in [-0.25, -0.2) is 26.3 Å². The first-order chi connectivity index (χ1) is 11.3. The molecule has 1 aliphatic rings. The van der Waals surface area contributed by atoms with Gasteiger partial charge in [-0.2, -0.15) is 26.3 Å². The van der Waals surface area contributed by atoms with Crippen LogP contribution in [0.2, 0.25) is 0 Å². The van der Waals surface area contributed by atoms with Crippen molar-refractivity contribution in [3.8, 4) is 0 Å². The molecule has 1 fully saturated rings. The van der Waals surface area contributed by atoms with Crippen molar-refractivity contribution in [2.45, 2.75) is 48.6 Å². The topological polar surface area (TPSA) is 6.48 Å². The lowest BCUT2D eigenvalue weighted by molar-refractivity contribution is -0.286. The van der Waals surface area contributed by atoms with Gasteiger partial charge in [0.25, 0.3) is 12.3 Å². The smallest absolute Gasteiger partial charge is 0.303 e. The second-order valence-corrected chi connectivity index (χ2v) is 6.08. The maximum atomic E-state index is 13.9. The first-order valence-corrected chi connectivity index (χ1v) is 6.92. The molecule has 1 heterocycles. The minimum Gasteiger partial charge on any atom is -0.303 e. The van der Waals surface area contributed by atoms with Gasteiger partial charge in [-0.05, 0) is 14.1 Å². The fourth-order valence-corrected chi connectivity index (χ4v) is 2.70. The van der Waals surface area contributed by atoms with Gasteiger partial charge in [-0.1, -0.05) is 0 Å². The van der Waals surface area contributed by atoms with Crippen molar-refractivity contribution in [3.63, 3.8) is 0 Å². The van der Waals surface area contributed by atoms with Gasteiger partial charge in [0.2, 0.25) is 0 Å². The van der Waals surface area contributed by atoms with Crippen LogP contribution in [0.5, 0.6) is 0 Å². The minimum atomic E-state index is -6.03. The number of hydrogen-bond donors (Lipinski definition) is 0. The molecule has 4 atom stereocenters. The van der Waals surface area contributed by atoms with Crippen LogP contribution in [-0.4, -0.2) is 85.6 Å². The zero-order valence-corrected chi connectivity index (χ0v) is 13.2. The van der Waals surface area contributed by atoms with E-state index in [4.69, 9.17) is 0 Å². The highest BCUT2D eigenvalue weighted by Crippen LogP contribution is 2.44. The Morgan fingerprint density at radius 2 is 0.923 bits per heavy atom. The Kier molecular flexibility index (Phi) is 6.15. The molecule has 4 unspecified atom stereocenters. The van der Waals surface area contributed by atoms with Gasteiger partial charge in [0.15, 0.2) is 0 Å². The van der Waals surface area contributed by atoms with Crippen molar-refractivity contribution in [2.75, 3.05) is 27.2 Å². The Morgan fingerprint density at radius 1 is 0.654 bits per heavy atom. The molecule has 0 aliphatic carbocycles. The van der Waals surface area contributed by atoms with E-state index in [-0.39, 0.29) is 4.90 Å². The van der Waals surface area contributed by atoms with Gasteiger partial charge < -0.3 is 4.90 Å². The van der Waals surface area contributed by atoms with Gasteiger partial charge in [0.1, 0.15) is 0 Å². The molecule has 0 N–H and O–H groups in total. The average Bonchev–Trinajstić information content (AvgIpc) is 2.45. The number of hydrogen-bond acceptors (Lipinski definition) is 2. The first kappa shape index (κ1) is 23.1. The largest absolute Gasteiger partial charge is 0.425 e. The standard InChI is InChI=1S/C12H14F12N2/c1-25-3-5(9(15,16)7(13)11(19,20)21)26(2)6(4-25)10(17,18)8(14)12(22,23)24/h5-8H,3-4H2,1-2H3. The van der Waals surface area contributed by atoms with Gasteiger partial charge >= 0.3 is 24.2 Å². The summed E-state index contributed by atoms with van der Waals surface area (Å²) >= 11 is 0. The molecule has 1 aliphatic heterocycles. The van der Waals surface area contributed by atoms with Crippen LogP contribution in [0.1, 0.15) is 0 Å². The number of rotatable bonds is 4. The van der Waals surface area contributed by atoms with Crippen LogP contribution in [0.15, 0.2) is 0 Å². The van der Waals surface area contributed by atoms with Crippen molar-refractivity contribution in [1.29, 1.82) is 0 Å². The third-order valence-corrected chi connectivity index (χ3v) is 4.09. The predicted molar refractivity (Wildman–Crippen MR) is 64.6 cm³/mol. The Labute approximate surface area is 139 Å². The maximum Gasteiger partial charge on any atom is 0.425 e. The summed E-state index contributed by atoms with van der Waals surface area (Å²) in [5.74, 6) is -10.5. The van der Waals surface area contributed by atoms with E-state index >= 15 is 0 Å². The van der Waals surface area contributed by atoms with Crippen molar-refractivity contribution >= 4 is 0 Å². The highest BCUT2D eigenvalue weighted by Gasteiger charge is 2.67. The van der Waals surface area contributed by atoms with Crippen molar-refractivity contribution in [3.05, 3.63) is 0 Å². The van der Waals surface area contributed by atoms with E-state index in [0.29, 0.717) is 11.9 Å². The van der Waals surface area contributed by atoms with Crippen molar-refractivity contribution in [2.24, 2.45) is 0 Å². The van der Waals surface area contributed by atoms with Crippen LogP contribution >= 0.6 is 0 Å². The van der Waals surface area contributed by atoms with Crippen LogP contribution in [0.3, 0.4) is 0 Å². The van der Waals surface area contributed by atoms with Crippen LogP contribution in [-0.2, 0) is 0 Å². The van der Waals surface area contributed by atoms with Gasteiger partial charge in [-0.3, -0.25) is 4.90 Å². The summed E-state index contributed by atoms with van der Waals surface area (Å²) in [5.41, 5.74) is 0. The number of likely N-dealkylation sites (N-methyl/N-ethyl adjacent to an activating group) is 2. The first-order valence-electron chi connectivity index (χ1n) is 6.92. The molecule has 0 saturated carbocycles. The van der Waals surface area contributed by atoms with E-state index in [1.165, 1.54) is 0 Å². The summed E-state index contributed by atoms with van der Waals surface area (Å²) in [7, 11) is 1.22. The molecule has 0 aromatic carbocycles. The molecule has 156 valence electrons. The van der Waals surface area contributed by atoms with Crippen LogP contribution in [0.4, 0.5) is 52.7 Å². The Morgan fingerprint density at radius 3 is 1.15 bits per heavy atom. The molecule has 0 bridgehead atoms. The van der Waals surface area contributed by atoms with E-state index in [1.807, 2.05) is 0 Å². The molecule has 0 radical (unpaired) electrons. The summed E-state index contributed by atoms with van der Waals surface area (Å²) in [6, 6.07) is -5.73. The number of alkyl halides is 12. The molecule has 0 spiro atoms. The highest BCUT2D eigenvalue weighted by atomic mass is 19.4. The second kappa shape index (κ2) is 6.91. The summed E-state index contributed by atoms with van der Waals surface area (Å²) in [5, 5.41) is 0. The minimum absolute atomic E-state index is 0.226. The second-order valence-electron chi connectivity index (χ2n) is 6.08. The van der Waals surface area contributed by atoms with Crippen molar-refractivity contribution in [1.82, 2.24) is 9.80 Å². The van der Waals surface area contributed by atoms with Gasteiger partial charge in [0.05, 0.1) is 12.1 Å². The predicted octanol–water partition coefficient (Wildman–Crippen LogP) is 3.67. The van der Waals surface area contributed by atoms with E-state index in [2.05, 4.69) is 0 Å². The molecule has 0 amide bonds. The van der Waals surface area contributed by atoms with Crippen LogP contribution in [0, 0.1) is 0 Å². The molecular weight excluding hydrogens is 400 g/mol. The quantitative estimate of drug-likeness (QED) is 0.648. The SMILES string of the molecule is CN1CC(C(F)(F)C(F)C(F)(F)F)N(C)C(C(F)(F)C(F)C(F)(F)F)C1. The average molecular weight is 414 g/mol. The summed E-state index contributed by atoms with van der Waals surface area (Å²) in [4.78, 5) is 0.333. The highest BCUT2D eigenvalue weighted by molar-refractivity contribution is 5.05. The van der Waals surface area contributed by atoms with Gasteiger partial charge in [-0.15, -0.1) is 0 Å². The van der Waals surface area contributed by atoms with Crippen molar-refractivity contribution < 1.29 is 52.7 Å². The third kappa shape index (κ3) is 4.31. The van der Waals surface area contributed by atoms with Crippen LogP contribution < -0.4 is 0 Å². The van der Waals surface area contributed by atoms with Gasteiger partial charge in [0, 0.05) is 13.1 Å². The molecule has 1 rings (SSSR count).